The van der Waals surface area contributed by atoms with E-state index in [1.54, 1.807) is 25.8 Å². The maximum atomic E-state index is 13.1. The zero-order chi connectivity index (χ0) is 20.4. The molecule has 1 saturated heterocycles. The molecule has 0 spiro atoms. The molecule has 1 aliphatic heterocycles. The summed E-state index contributed by atoms with van der Waals surface area (Å²) < 4.78 is 58.9. The van der Waals surface area contributed by atoms with Gasteiger partial charge in [0.05, 0.1) is 35.8 Å². The maximum absolute atomic E-state index is 13.1. The van der Waals surface area contributed by atoms with E-state index in [1.165, 1.54) is 6.07 Å². The number of alkyl halides is 3. The molecule has 0 bridgehead atoms. The van der Waals surface area contributed by atoms with Crippen LogP contribution >= 0.6 is 8.25 Å². The van der Waals surface area contributed by atoms with Crippen LogP contribution in [0, 0.1) is 0 Å². The summed E-state index contributed by atoms with van der Waals surface area (Å²) in [5, 5.41) is 2.83. The van der Waals surface area contributed by atoms with Crippen LogP contribution in [-0.2, 0) is 19.8 Å². The van der Waals surface area contributed by atoms with Crippen molar-refractivity contribution in [1.29, 1.82) is 0 Å². The number of nitrogens with two attached hydrogens (primary N) is 1. The number of hydrogen-bond donors (Lipinski definition) is 2. The molecule has 2 rings (SSSR count). The van der Waals surface area contributed by atoms with Crippen LogP contribution in [0.5, 0.6) is 0 Å². The van der Waals surface area contributed by atoms with Gasteiger partial charge in [-0.3, -0.25) is 4.57 Å². The summed E-state index contributed by atoms with van der Waals surface area (Å²) in [7, 11) is -0.490. The van der Waals surface area contributed by atoms with Gasteiger partial charge >= 0.3 is 14.4 Å². The molecule has 1 fully saturated rings. The van der Waals surface area contributed by atoms with Gasteiger partial charge in [-0.1, -0.05) is 0 Å². The van der Waals surface area contributed by atoms with Gasteiger partial charge in [0.15, 0.2) is 0 Å². The Morgan fingerprint density at radius 2 is 1.70 bits per heavy atom. The van der Waals surface area contributed by atoms with Crippen molar-refractivity contribution in [3.8, 4) is 0 Å². The first-order chi connectivity index (χ1) is 12.7. The lowest BCUT2D eigenvalue weighted by Crippen LogP contribution is -2.31. The van der Waals surface area contributed by atoms with Crippen LogP contribution in [0.25, 0.3) is 0 Å². The number of hydrogen-bond acceptors (Lipinski definition) is 6. The molecular weight excluding hydrogens is 382 g/mol. The highest BCUT2D eigenvalue weighted by Crippen LogP contribution is 2.41. The van der Waals surface area contributed by atoms with Gasteiger partial charge in [-0.25, -0.2) is 0 Å². The van der Waals surface area contributed by atoms with Crippen molar-refractivity contribution < 1.29 is 26.8 Å². The fourth-order valence-corrected chi connectivity index (χ4v) is 3.28. The zero-order valence-corrected chi connectivity index (χ0v) is 17.0. The number of piperidine rings is 1. The summed E-state index contributed by atoms with van der Waals surface area (Å²) in [5.41, 5.74) is 5.88. The van der Waals surface area contributed by atoms with Gasteiger partial charge in [-0.2, -0.15) is 13.2 Å². The number of benzene rings is 1. The number of halogens is 3. The van der Waals surface area contributed by atoms with Crippen LogP contribution in [0.1, 0.15) is 38.7 Å². The Morgan fingerprint density at radius 1 is 1.15 bits per heavy atom. The lowest BCUT2D eigenvalue weighted by atomic mass is 10.0. The van der Waals surface area contributed by atoms with E-state index < -0.39 is 20.0 Å². The maximum Gasteiger partial charge on any atom is 0.418 e. The van der Waals surface area contributed by atoms with Crippen molar-refractivity contribution >= 4 is 25.3 Å². The number of rotatable bonds is 6. The second-order valence-electron chi connectivity index (χ2n) is 5.87. The SMILES string of the molecule is CCO[PH](=O)OCC.CNc1cc(N2CCCCC2)c(C(F)(F)F)cc1N. The summed E-state index contributed by atoms with van der Waals surface area (Å²) in [6.07, 6.45) is -1.45. The zero-order valence-electron chi connectivity index (χ0n) is 16.0. The second kappa shape index (κ2) is 11.4. The van der Waals surface area contributed by atoms with Gasteiger partial charge in [-0.15, -0.1) is 0 Å². The Hall–Kier alpha value is -1.44. The summed E-state index contributed by atoms with van der Waals surface area (Å²) in [5.74, 6) is 0. The number of nitrogens with one attached hydrogen (secondary N) is 1. The molecule has 3 N–H and O–H groups in total. The predicted molar refractivity (Wildman–Crippen MR) is 104 cm³/mol. The van der Waals surface area contributed by atoms with Crippen LogP contribution in [0.3, 0.4) is 0 Å². The van der Waals surface area contributed by atoms with Crippen molar-refractivity contribution in [3.05, 3.63) is 17.7 Å². The normalized spacial score (nSPS) is 14.7. The molecule has 0 unspecified atom stereocenters. The van der Waals surface area contributed by atoms with E-state index in [0.717, 1.165) is 25.3 Å². The van der Waals surface area contributed by atoms with Crippen LogP contribution < -0.4 is 16.0 Å². The lowest BCUT2D eigenvalue weighted by molar-refractivity contribution is -0.137. The van der Waals surface area contributed by atoms with Crippen molar-refractivity contribution in [2.75, 3.05) is 49.3 Å². The molecule has 1 heterocycles. The molecule has 27 heavy (non-hydrogen) atoms. The van der Waals surface area contributed by atoms with E-state index in [4.69, 9.17) is 5.73 Å². The number of nitrogens with zero attached hydrogens (tertiary/aromatic N) is 1. The molecule has 0 radical (unpaired) electrons. The highest BCUT2D eigenvalue weighted by Gasteiger charge is 2.36. The molecule has 0 saturated carbocycles. The van der Waals surface area contributed by atoms with Crippen LogP contribution in [0.15, 0.2) is 12.1 Å². The fourth-order valence-electron chi connectivity index (χ4n) is 2.72. The molecule has 6 nitrogen and oxygen atoms in total. The van der Waals surface area contributed by atoms with E-state index in [1.807, 2.05) is 0 Å². The largest absolute Gasteiger partial charge is 0.418 e. The van der Waals surface area contributed by atoms with Crippen LogP contribution in [0.2, 0.25) is 0 Å². The molecule has 1 aliphatic rings. The fraction of sp³-hybridized carbons (Fsp3) is 0.647. The van der Waals surface area contributed by atoms with Gasteiger partial charge in [0.25, 0.3) is 0 Å². The van der Waals surface area contributed by atoms with Crippen LogP contribution in [-0.4, -0.2) is 33.4 Å². The Bertz CT molecular complexity index is 601. The molecule has 1 aromatic rings. The molecular formula is C17H29F3N3O3P. The first-order valence-corrected chi connectivity index (χ1v) is 10.2. The van der Waals surface area contributed by atoms with Gasteiger partial charge in [-0.05, 0) is 45.2 Å². The minimum atomic E-state index is -4.38. The third-order valence-electron chi connectivity index (χ3n) is 3.96. The third kappa shape index (κ3) is 7.60. The first kappa shape index (κ1) is 23.6. The predicted octanol–water partition coefficient (Wildman–Crippen LogP) is 4.77. The van der Waals surface area contributed by atoms with Gasteiger partial charge in [0.2, 0.25) is 0 Å². The lowest BCUT2D eigenvalue weighted by Gasteiger charge is -2.31. The van der Waals surface area contributed by atoms with Gasteiger partial charge in [0.1, 0.15) is 0 Å². The van der Waals surface area contributed by atoms with Crippen molar-refractivity contribution in [2.24, 2.45) is 0 Å². The Balaban J connectivity index is 0.000000387. The second-order valence-corrected chi connectivity index (χ2v) is 6.95. The molecule has 1 aromatic carbocycles. The van der Waals surface area contributed by atoms with E-state index in [9.17, 15) is 17.7 Å². The Labute approximate surface area is 159 Å². The summed E-state index contributed by atoms with van der Waals surface area (Å²) in [6, 6.07) is 2.53. The topological polar surface area (TPSA) is 76.8 Å². The van der Waals surface area contributed by atoms with E-state index >= 15 is 0 Å². The van der Waals surface area contributed by atoms with E-state index in [2.05, 4.69) is 14.4 Å². The van der Waals surface area contributed by atoms with E-state index in [-0.39, 0.29) is 11.4 Å². The first-order valence-electron chi connectivity index (χ1n) is 8.97. The summed E-state index contributed by atoms with van der Waals surface area (Å²) >= 11 is 0. The smallest absolute Gasteiger partial charge is 0.397 e. The Kier molecular flexibility index (Phi) is 9.98. The van der Waals surface area contributed by atoms with Crippen molar-refractivity contribution in [2.45, 2.75) is 39.3 Å². The van der Waals surface area contributed by atoms with Crippen molar-refractivity contribution in [3.63, 3.8) is 0 Å². The molecule has 156 valence electrons. The summed E-state index contributed by atoms with van der Waals surface area (Å²) in [6.45, 7) is 5.80. The highest BCUT2D eigenvalue weighted by atomic mass is 31.1. The summed E-state index contributed by atoms with van der Waals surface area (Å²) in [4.78, 5) is 1.80. The monoisotopic (exact) mass is 411 g/mol. The molecule has 0 atom stereocenters. The highest BCUT2D eigenvalue weighted by molar-refractivity contribution is 7.33. The molecule has 0 amide bonds. The van der Waals surface area contributed by atoms with Gasteiger partial charge in [0, 0.05) is 20.1 Å². The minimum Gasteiger partial charge on any atom is -0.397 e. The standard InChI is InChI=1S/C13H18F3N3.C4H11O3P/c1-18-11-8-12(19-5-3-2-4-6-19)9(7-10(11)17)13(14,15)16;1-3-6-8(5)7-4-2/h7-8,18H,2-6,17H2,1H3;8H,3-4H2,1-2H3. The van der Waals surface area contributed by atoms with Gasteiger partial charge < -0.3 is 25.0 Å². The third-order valence-corrected chi connectivity index (χ3v) is 5.01. The average Bonchev–Trinajstić information content (AvgIpc) is 2.62. The minimum absolute atomic E-state index is 0.121. The van der Waals surface area contributed by atoms with Crippen molar-refractivity contribution in [1.82, 2.24) is 0 Å². The Morgan fingerprint density at radius 3 is 2.15 bits per heavy atom. The van der Waals surface area contributed by atoms with Crippen LogP contribution in [0.4, 0.5) is 30.2 Å². The van der Waals surface area contributed by atoms with E-state index in [0.29, 0.717) is 32.0 Å². The molecule has 0 aliphatic carbocycles. The number of nitrogen functional groups attached to an aromatic ring is 1. The quantitative estimate of drug-likeness (QED) is 0.519. The molecule has 10 heteroatoms. The average molecular weight is 411 g/mol. The molecule has 0 aromatic heterocycles. The number of anilines is 3.